The summed E-state index contributed by atoms with van der Waals surface area (Å²) < 4.78 is 12.6. The van der Waals surface area contributed by atoms with Crippen LogP contribution < -0.4 is 4.74 Å². The number of halogens is 1. The lowest BCUT2D eigenvalue weighted by molar-refractivity contribution is 0.164. The van der Waals surface area contributed by atoms with E-state index in [0.29, 0.717) is 17.5 Å². The van der Waals surface area contributed by atoms with Crippen LogP contribution in [0.3, 0.4) is 0 Å². The van der Waals surface area contributed by atoms with E-state index >= 15 is 0 Å². The highest BCUT2D eigenvalue weighted by molar-refractivity contribution is 6.31. The van der Waals surface area contributed by atoms with Gasteiger partial charge >= 0.3 is 0 Å². The number of hydrogen-bond acceptors (Lipinski definition) is 3. The third-order valence-electron chi connectivity index (χ3n) is 3.01. The molecule has 0 spiro atoms. The number of fused-ring (bicyclic) bond motifs is 1. The fraction of sp³-hybridized carbons (Fsp3) is 0.462. The van der Waals surface area contributed by atoms with Crippen molar-refractivity contribution in [3.05, 3.63) is 23.0 Å². The average Bonchev–Trinajstić information content (AvgIpc) is 2.66. The number of aryl methyl sites for hydroxylation is 1. The molecule has 0 aliphatic heterocycles. The minimum atomic E-state index is 0.235. The summed E-state index contributed by atoms with van der Waals surface area (Å²) in [6.45, 7) is 4.77. The third-order valence-corrected chi connectivity index (χ3v) is 3.28. The van der Waals surface area contributed by atoms with Gasteiger partial charge in [0.05, 0.1) is 30.8 Å². The SMILES string of the molecule is COCC(C)n1cc(C)c2nc(Cl)c(OC)cc21. The number of pyridine rings is 1. The molecule has 0 amide bonds. The van der Waals surface area contributed by atoms with E-state index in [1.54, 1.807) is 14.2 Å². The van der Waals surface area contributed by atoms with Gasteiger partial charge in [0.15, 0.2) is 10.9 Å². The van der Waals surface area contributed by atoms with Crippen LogP contribution in [-0.4, -0.2) is 30.4 Å². The van der Waals surface area contributed by atoms with E-state index in [1.165, 1.54) is 0 Å². The second-order valence-corrected chi connectivity index (χ2v) is 4.73. The largest absolute Gasteiger partial charge is 0.493 e. The van der Waals surface area contributed by atoms with Crippen molar-refractivity contribution >= 4 is 22.6 Å². The molecule has 2 aromatic rings. The van der Waals surface area contributed by atoms with E-state index in [-0.39, 0.29) is 6.04 Å². The van der Waals surface area contributed by atoms with Crippen LogP contribution in [0.1, 0.15) is 18.5 Å². The first-order chi connectivity index (χ1) is 8.58. The number of hydrogen-bond donors (Lipinski definition) is 0. The van der Waals surface area contributed by atoms with Gasteiger partial charge in [-0.15, -0.1) is 0 Å². The number of ether oxygens (including phenoxy) is 2. The lowest BCUT2D eigenvalue weighted by Crippen LogP contribution is -2.09. The van der Waals surface area contributed by atoms with Crippen molar-refractivity contribution in [3.63, 3.8) is 0 Å². The molecular weight excluding hydrogens is 252 g/mol. The Bertz CT molecular complexity index is 566. The standard InChI is InChI=1S/C13H17ClN2O2/c1-8-6-16(9(2)7-17-3)10-5-11(18-4)13(14)15-12(8)10/h5-6,9H,7H2,1-4H3. The zero-order valence-electron chi connectivity index (χ0n) is 11.0. The lowest BCUT2D eigenvalue weighted by atomic mass is 10.3. The summed E-state index contributed by atoms with van der Waals surface area (Å²) in [5.41, 5.74) is 3.01. The molecule has 1 unspecified atom stereocenters. The highest BCUT2D eigenvalue weighted by Crippen LogP contribution is 2.30. The summed E-state index contributed by atoms with van der Waals surface area (Å²) in [7, 11) is 3.29. The van der Waals surface area contributed by atoms with Crippen LogP contribution >= 0.6 is 11.6 Å². The highest BCUT2D eigenvalue weighted by atomic mass is 35.5. The molecule has 4 nitrogen and oxygen atoms in total. The number of methoxy groups -OCH3 is 2. The maximum Gasteiger partial charge on any atom is 0.171 e. The first-order valence-electron chi connectivity index (χ1n) is 5.79. The first kappa shape index (κ1) is 13.2. The van der Waals surface area contributed by atoms with Crippen molar-refractivity contribution in [1.82, 2.24) is 9.55 Å². The fourth-order valence-electron chi connectivity index (χ4n) is 2.12. The topological polar surface area (TPSA) is 36.3 Å². The first-order valence-corrected chi connectivity index (χ1v) is 6.17. The quantitative estimate of drug-likeness (QED) is 0.799. The van der Waals surface area contributed by atoms with Gasteiger partial charge in [-0.25, -0.2) is 4.98 Å². The van der Waals surface area contributed by atoms with E-state index < -0.39 is 0 Å². The summed E-state index contributed by atoms with van der Waals surface area (Å²) in [6, 6.07) is 2.16. The molecule has 0 fully saturated rings. The van der Waals surface area contributed by atoms with Crippen LogP contribution in [-0.2, 0) is 4.74 Å². The van der Waals surface area contributed by atoms with Gasteiger partial charge in [0.1, 0.15) is 0 Å². The molecule has 2 rings (SSSR count). The monoisotopic (exact) mass is 268 g/mol. The Hall–Kier alpha value is -1.26. The van der Waals surface area contributed by atoms with Crippen molar-refractivity contribution in [1.29, 1.82) is 0 Å². The van der Waals surface area contributed by atoms with Crippen LogP contribution in [0.2, 0.25) is 5.15 Å². The zero-order chi connectivity index (χ0) is 13.3. The Balaban J connectivity index is 2.61. The van der Waals surface area contributed by atoms with Crippen molar-refractivity contribution in [2.45, 2.75) is 19.9 Å². The van der Waals surface area contributed by atoms with Crippen molar-refractivity contribution < 1.29 is 9.47 Å². The Morgan fingerprint density at radius 3 is 2.78 bits per heavy atom. The van der Waals surface area contributed by atoms with Gasteiger partial charge in [0.25, 0.3) is 0 Å². The minimum absolute atomic E-state index is 0.235. The van der Waals surface area contributed by atoms with Crippen LogP contribution in [0.15, 0.2) is 12.3 Å². The zero-order valence-corrected chi connectivity index (χ0v) is 11.8. The molecular formula is C13H17ClN2O2. The van der Waals surface area contributed by atoms with Gasteiger partial charge in [-0.05, 0) is 19.4 Å². The molecule has 2 heterocycles. The van der Waals surface area contributed by atoms with E-state index in [1.807, 2.05) is 13.0 Å². The summed E-state index contributed by atoms with van der Waals surface area (Å²) >= 11 is 6.06. The molecule has 0 bridgehead atoms. The van der Waals surface area contributed by atoms with Gasteiger partial charge in [-0.1, -0.05) is 11.6 Å². The Morgan fingerprint density at radius 2 is 2.17 bits per heavy atom. The van der Waals surface area contributed by atoms with E-state index in [9.17, 15) is 0 Å². The second kappa shape index (κ2) is 5.16. The summed E-state index contributed by atoms with van der Waals surface area (Å²) in [4.78, 5) is 4.39. The summed E-state index contributed by atoms with van der Waals surface area (Å²) in [5, 5.41) is 0.394. The molecule has 0 aromatic carbocycles. The fourth-order valence-corrected chi connectivity index (χ4v) is 2.33. The summed E-state index contributed by atoms with van der Waals surface area (Å²) in [5.74, 6) is 0.591. The van der Waals surface area contributed by atoms with Gasteiger partial charge in [0, 0.05) is 19.4 Å². The van der Waals surface area contributed by atoms with Crippen molar-refractivity contribution in [2.75, 3.05) is 20.8 Å². The van der Waals surface area contributed by atoms with Gasteiger partial charge in [-0.2, -0.15) is 0 Å². The Kier molecular flexibility index (Phi) is 3.78. The molecule has 0 radical (unpaired) electrons. The molecule has 0 saturated carbocycles. The highest BCUT2D eigenvalue weighted by Gasteiger charge is 2.15. The van der Waals surface area contributed by atoms with Crippen molar-refractivity contribution in [2.24, 2.45) is 0 Å². The molecule has 18 heavy (non-hydrogen) atoms. The Morgan fingerprint density at radius 1 is 1.44 bits per heavy atom. The molecule has 0 saturated heterocycles. The van der Waals surface area contributed by atoms with E-state index in [4.69, 9.17) is 21.1 Å². The normalized spacial score (nSPS) is 12.9. The molecule has 1 atom stereocenters. The second-order valence-electron chi connectivity index (χ2n) is 4.37. The number of aromatic nitrogens is 2. The smallest absolute Gasteiger partial charge is 0.171 e. The van der Waals surface area contributed by atoms with Crippen LogP contribution in [0.25, 0.3) is 11.0 Å². The molecule has 0 aliphatic carbocycles. The van der Waals surface area contributed by atoms with Crippen LogP contribution in [0.4, 0.5) is 0 Å². The molecule has 0 N–H and O–H groups in total. The minimum Gasteiger partial charge on any atom is -0.493 e. The van der Waals surface area contributed by atoms with E-state index in [2.05, 4.69) is 22.7 Å². The molecule has 5 heteroatoms. The van der Waals surface area contributed by atoms with Gasteiger partial charge in [0.2, 0.25) is 0 Å². The molecule has 0 aliphatic rings. The maximum absolute atomic E-state index is 6.06. The van der Waals surface area contributed by atoms with Crippen molar-refractivity contribution in [3.8, 4) is 5.75 Å². The van der Waals surface area contributed by atoms with E-state index in [0.717, 1.165) is 16.6 Å². The maximum atomic E-state index is 6.06. The number of nitrogens with zero attached hydrogens (tertiary/aromatic N) is 2. The lowest BCUT2D eigenvalue weighted by Gasteiger charge is -2.14. The van der Waals surface area contributed by atoms with Crippen LogP contribution in [0.5, 0.6) is 5.75 Å². The van der Waals surface area contributed by atoms with Crippen LogP contribution in [0, 0.1) is 6.92 Å². The molecule has 2 aromatic heterocycles. The third kappa shape index (κ3) is 2.18. The summed E-state index contributed by atoms with van der Waals surface area (Å²) in [6.07, 6.45) is 2.07. The molecule has 98 valence electrons. The average molecular weight is 269 g/mol. The van der Waals surface area contributed by atoms with Gasteiger partial charge < -0.3 is 14.0 Å². The predicted molar refractivity (Wildman–Crippen MR) is 72.6 cm³/mol. The predicted octanol–water partition coefficient (Wildman–Crippen LogP) is 3.21. The number of rotatable bonds is 4. The Labute approximate surface area is 111 Å². The van der Waals surface area contributed by atoms with Gasteiger partial charge in [-0.3, -0.25) is 0 Å².